The van der Waals surface area contributed by atoms with Crippen LogP contribution in [0.4, 0.5) is 0 Å². The zero-order valence-corrected chi connectivity index (χ0v) is 16.9. The van der Waals surface area contributed by atoms with Gasteiger partial charge in [-0.15, -0.1) is 0 Å². The predicted octanol–water partition coefficient (Wildman–Crippen LogP) is 5.84. The van der Waals surface area contributed by atoms with Crippen molar-refractivity contribution >= 4 is 11.6 Å². The Morgan fingerprint density at radius 2 is 1.52 bits per heavy atom. The highest BCUT2D eigenvalue weighted by atomic mass is 16.5. The summed E-state index contributed by atoms with van der Waals surface area (Å²) in [5.41, 5.74) is 7.35. The minimum absolute atomic E-state index is 0.203. The van der Waals surface area contributed by atoms with Gasteiger partial charge in [0, 0.05) is 16.8 Å². The van der Waals surface area contributed by atoms with Gasteiger partial charge in [0.25, 0.3) is 5.91 Å². The summed E-state index contributed by atoms with van der Waals surface area (Å²) in [5, 5.41) is 4.17. The van der Waals surface area contributed by atoms with Crippen molar-refractivity contribution < 1.29 is 9.53 Å². The fraction of sp³-hybridized carbons (Fsp3) is 0.200. The van der Waals surface area contributed by atoms with Gasteiger partial charge in [0.2, 0.25) is 0 Å². The quantitative estimate of drug-likeness (QED) is 0.391. The third-order valence-corrected chi connectivity index (χ3v) is 4.71. The molecule has 0 heterocycles. The van der Waals surface area contributed by atoms with Crippen LogP contribution in [0.2, 0.25) is 0 Å². The molecule has 0 atom stereocenters. The molecule has 4 heteroatoms. The molecule has 0 bridgehead atoms. The summed E-state index contributed by atoms with van der Waals surface area (Å²) in [6, 6.07) is 25.6. The van der Waals surface area contributed by atoms with E-state index in [1.54, 1.807) is 12.1 Å². The third kappa shape index (κ3) is 5.55. The van der Waals surface area contributed by atoms with Gasteiger partial charge in [0.1, 0.15) is 12.4 Å². The minimum atomic E-state index is -0.203. The van der Waals surface area contributed by atoms with Crippen LogP contribution in [0.25, 0.3) is 11.1 Å². The number of nitrogens with one attached hydrogen (secondary N) is 1. The number of nitrogens with zero attached hydrogens (tertiary/aromatic N) is 1. The molecule has 3 aromatic carbocycles. The second kappa shape index (κ2) is 10.2. The van der Waals surface area contributed by atoms with Gasteiger partial charge in [-0.3, -0.25) is 4.79 Å². The summed E-state index contributed by atoms with van der Waals surface area (Å²) in [6.07, 6.45) is 1.66. The van der Waals surface area contributed by atoms with Crippen LogP contribution >= 0.6 is 0 Å². The van der Waals surface area contributed by atoms with Crippen LogP contribution in [-0.4, -0.2) is 11.6 Å². The molecular weight excluding hydrogens is 360 g/mol. The maximum atomic E-state index is 12.2. The lowest BCUT2D eigenvalue weighted by atomic mass is 10.0. The number of hydrazone groups is 1. The Bertz CT molecular complexity index is 958. The summed E-state index contributed by atoms with van der Waals surface area (Å²) >= 11 is 0. The van der Waals surface area contributed by atoms with Crippen LogP contribution in [0.15, 0.2) is 84.0 Å². The number of amides is 1. The maximum Gasteiger partial charge on any atom is 0.271 e. The normalized spacial score (nSPS) is 10.3. The molecule has 1 N–H and O–H groups in total. The molecule has 0 unspecified atom stereocenters. The molecule has 4 nitrogen and oxygen atoms in total. The number of para-hydroxylation sites is 1. The fourth-order valence-electron chi connectivity index (χ4n) is 2.96. The molecule has 0 aliphatic rings. The van der Waals surface area contributed by atoms with Crippen molar-refractivity contribution in [2.24, 2.45) is 5.10 Å². The average Bonchev–Trinajstić information content (AvgIpc) is 2.79. The molecule has 0 spiro atoms. The Morgan fingerprint density at radius 1 is 0.862 bits per heavy atom. The molecule has 3 rings (SSSR count). The molecule has 0 aromatic heterocycles. The monoisotopic (exact) mass is 386 g/mol. The first-order valence-corrected chi connectivity index (χ1v) is 9.93. The maximum absolute atomic E-state index is 12.2. The molecule has 0 aliphatic heterocycles. The summed E-state index contributed by atoms with van der Waals surface area (Å²) in [5.74, 6) is 0.632. The van der Waals surface area contributed by atoms with Crippen LogP contribution in [0.3, 0.4) is 0 Å². The lowest BCUT2D eigenvalue weighted by molar-refractivity contribution is 0.0954. The molecule has 1 amide bonds. The topological polar surface area (TPSA) is 50.7 Å². The number of carbonyl (C=O) groups excluding carboxylic acids is 1. The van der Waals surface area contributed by atoms with Crippen LogP contribution in [0, 0.1) is 0 Å². The standard InChI is InChI=1S/C25H26N2O2/c1-3-22(4-2)26-27-25(28)21-16-14-19(15-17-21)18-29-24-13-9-8-12-23(24)20-10-6-5-7-11-20/h5-17H,3-4,18H2,1-2H3,(H,27,28). The predicted molar refractivity (Wildman–Crippen MR) is 118 cm³/mol. The lowest BCUT2D eigenvalue weighted by Crippen LogP contribution is -2.19. The van der Waals surface area contributed by atoms with E-state index in [-0.39, 0.29) is 5.91 Å². The van der Waals surface area contributed by atoms with Crippen LogP contribution in [-0.2, 0) is 6.61 Å². The van der Waals surface area contributed by atoms with E-state index in [1.165, 1.54) is 0 Å². The number of rotatable bonds is 8. The number of hydrogen-bond donors (Lipinski definition) is 1. The Balaban J connectivity index is 1.64. The zero-order chi connectivity index (χ0) is 20.5. The fourth-order valence-corrected chi connectivity index (χ4v) is 2.96. The molecule has 0 saturated carbocycles. The van der Waals surface area contributed by atoms with Crippen LogP contribution < -0.4 is 10.2 Å². The number of hydrogen-bond acceptors (Lipinski definition) is 3. The van der Waals surface area contributed by atoms with Gasteiger partial charge in [-0.05, 0) is 42.2 Å². The summed E-state index contributed by atoms with van der Waals surface area (Å²) in [4.78, 5) is 12.2. The van der Waals surface area contributed by atoms with Crippen molar-refractivity contribution in [2.75, 3.05) is 0 Å². The van der Waals surface area contributed by atoms with Gasteiger partial charge < -0.3 is 4.74 Å². The van der Waals surface area contributed by atoms with Crippen LogP contribution in [0.5, 0.6) is 5.75 Å². The van der Waals surface area contributed by atoms with Crippen LogP contribution in [0.1, 0.15) is 42.6 Å². The van der Waals surface area contributed by atoms with E-state index in [0.29, 0.717) is 12.2 Å². The molecule has 3 aromatic rings. The Morgan fingerprint density at radius 3 is 2.21 bits per heavy atom. The van der Waals surface area contributed by atoms with Gasteiger partial charge in [-0.2, -0.15) is 5.10 Å². The van der Waals surface area contributed by atoms with Crippen molar-refractivity contribution in [3.8, 4) is 16.9 Å². The molecule has 148 valence electrons. The molecule has 29 heavy (non-hydrogen) atoms. The zero-order valence-electron chi connectivity index (χ0n) is 16.9. The Kier molecular flexibility index (Phi) is 7.17. The van der Waals surface area contributed by atoms with E-state index in [0.717, 1.165) is 41.0 Å². The van der Waals surface area contributed by atoms with Gasteiger partial charge in [0.15, 0.2) is 0 Å². The van der Waals surface area contributed by atoms with Gasteiger partial charge in [-0.25, -0.2) is 5.43 Å². The highest BCUT2D eigenvalue weighted by molar-refractivity contribution is 5.95. The van der Waals surface area contributed by atoms with Crippen molar-refractivity contribution in [1.82, 2.24) is 5.43 Å². The SMILES string of the molecule is CCC(CC)=NNC(=O)c1ccc(COc2ccccc2-c2ccccc2)cc1. The van der Waals surface area contributed by atoms with Crippen molar-refractivity contribution in [2.45, 2.75) is 33.3 Å². The van der Waals surface area contributed by atoms with Crippen molar-refractivity contribution in [3.05, 3.63) is 90.0 Å². The van der Waals surface area contributed by atoms with Gasteiger partial charge in [-0.1, -0.05) is 74.5 Å². The minimum Gasteiger partial charge on any atom is -0.488 e. The van der Waals surface area contributed by atoms with Crippen molar-refractivity contribution in [1.29, 1.82) is 0 Å². The molecular formula is C25H26N2O2. The lowest BCUT2D eigenvalue weighted by Gasteiger charge is -2.12. The number of benzene rings is 3. The first-order chi connectivity index (χ1) is 14.2. The van der Waals surface area contributed by atoms with E-state index in [4.69, 9.17) is 4.74 Å². The van der Waals surface area contributed by atoms with E-state index in [2.05, 4.69) is 28.7 Å². The van der Waals surface area contributed by atoms with E-state index in [9.17, 15) is 4.79 Å². The van der Waals surface area contributed by atoms with E-state index >= 15 is 0 Å². The second-order valence-corrected chi connectivity index (χ2v) is 6.67. The Hall–Kier alpha value is -3.40. The smallest absolute Gasteiger partial charge is 0.271 e. The second-order valence-electron chi connectivity index (χ2n) is 6.67. The highest BCUT2D eigenvalue weighted by Crippen LogP contribution is 2.30. The summed E-state index contributed by atoms with van der Waals surface area (Å²) < 4.78 is 6.06. The van der Waals surface area contributed by atoms with Crippen molar-refractivity contribution in [3.63, 3.8) is 0 Å². The molecule has 0 radical (unpaired) electrons. The molecule has 0 fully saturated rings. The van der Waals surface area contributed by atoms with E-state index in [1.807, 2.05) is 62.4 Å². The molecule has 0 saturated heterocycles. The third-order valence-electron chi connectivity index (χ3n) is 4.71. The first-order valence-electron chi connectivity index (χ1n) is 9.93. The summed E-state index contributed by atoms with van der Waals surface area (Å²) in [7, 11) is 0. The average molecular weight is 386 g/mol. The highest BCUT2D eigenvalue weighted by Gasteiger charge is 2.07. The Labute approximate surface area is 172 Å². The number of ether oxygens (including phenoxy) is 1. The largest absolute Gasteiger partial charge is 0.488 e. The van der Waals surface area contributed by atoms with Gasteiger partial charge >= 0.3 is 0 Å². The van der Waals surface area contributed by atoms with Gasteiger partial charge in [0.05, 0.1) is 0 Å². The number of carbonyl (C=O) groups is 1. The van der Waals surface area contributed by atoms with E-state index < -0.39 is 0 Å². The molecule has 0 aliphatic carbocycles. The summed E-state index contributed by atoms with van der Waals surface area (Å²) in [6.45, 7) is 4.48. The first kappa shape index (κ1) is 20.3.